The van der Waals surface area contributed by atoms with Crippen molar-refractivity contribution in [1.29, 1.82) is 0 Å². The van der Waals surface area contributed by atoms with E-state index in [1.54, 1.807) is 18.8 Å². The molecule has 2 aromatic rings. The molecule has 0 atom stereocenters. The molecular weight excluding hydrogens is 371 g/mol. The van der Waals surface area contributed by atoms with Crippen molar-refractivity contribution in [3.63, 3.8) is 0 Å². The number of aromatic nitrogens is 4. The molecule has 0 spiro atoms. The first-order chi connectivity index (χ1) is 9.36. The van der Waals surface area contributed by atoms with E-state index >= 15 is 0 Å². The highest BCUT2D eigenvalue weighted by molar-refractivity contribution is 14.1. The fourth-order valence-corrected chi connectivity index (χ4v) is 3.00. The maximum absolute atomic E-state index is 12.1. The summed E-state index contributed by atoms with van der Waals surface area (Å²) in [4.78, 5) is 19.5. The van der Waals surface area contributed by atoms with Crippen molar-refractivity contribution in [1.82, 2.24) is 19.7 Å². The van der Waals surface area contributed by atoms with Crippen LogP contribution in [0.5, 0.6) is 5.88 Å². The minimum atomic E-state index is -0.135. The zero-order valence-electron chi connectivity index (χ0n) is 12.1. The van der Waals surface area contributed by atoms with Crippen LogP contribution in [0, 0.1) is 10.5 Å². The van der Waals surface area contributed by atoms with Gasteiger partial charge in [0.1, 0.15) is 11.4 Å². The van der Waals surface area contributed by atoms with E-state index in [1.807, 2.05) is 43.4 Å². The molecule has 108 valence electrons. The minimum absolute atomic E-state index is 0.135. The molecule has 2 aromatic heterocycles. The van der Waals surface area contributed by atoms with Crippen LogP contribution in [0.15, 0.2) is 4.79 Å². The Hall–Kier alpha value is -1.38. The van der Waals surface area contributed by atoms with Gasteiger partial charge in [0.15, 0.2) is 0 Å². The van der Waals surface area contributed by atoms with Gasteiger partial charge in [-0.05, 0) is 35.4 Å². The number of ether oxygens (including phenoxy) is 1. The summed E-state index contributed by atoms with van der Waals surface area (Å²) in [5.41, 5.74) is 2.15. The number of aromatic amines is 1. The maximum Gasteiger partial charge on any atom is 0.264 e. The van der Waals surface area contributed by atoms with E-state index in [-0.39, 0.29) is 11.5 Å². The SMILES string of the molecule is COc1c(-c2nc(C(C)C)c(I)c(=O)[nH]2)c(C)nn1C. The number of H-pyrrole nitrogens is 1. The van der Waals surface area contributed by atoms with E-state index < -0.39 is 0 Å². The molecule has 0 aromatic carbocycles. The van der Waals surface area contributed by atoms with E-state index in [1.165, 1.54) is 0 Å². The molecule has 7 heteroatoms. The summed E-state index contributed by atoms with van der Waals surface area (Å²) < 4.78 is 7.62. The van der Waals surface area contributed by atoms with Crippen LogP contribution >= 0.6 is 22.6 Å². The molecule has 1 N–H and O–H groups in total. The number of aryl methyl sites for hydroxylation is 2. The largest absolute Gasteiger partial charge is 0.481 e. The van der Waals surface area contributed by atoms with E-state index in [2.05, 4.69) is 15.1 Å². The molecule has 0 bridgehead atoms. The number of halogens is 1. The number of hydrogen-bond donors (Lipinski definition) is 1. The van der Waals surface area contributed by atoms with Gasteiger partial charge in [0, 0.05) is 7.05 Å². The van der Waals surface area contributed by atoms with Crippen LogP contribution in [0.2, 0.25) is 0 Å². The summed E-state index contributed by atoms with van der Waals surface area (Å²) >= 11 is 2.03. The van der Waals surface area contributed by atoms with Gasteiger partial charge in [0.2, 0.25) is 5.88 Å². The predicted octanol–water partition coefficient (Wildman–Crippen LogP) is 2.22. The monoisotopic (exact) mass is 388 g/mol. The number of methoxy groups -OCH3 is 1. The van der Waals surface area contributed by atoms with E-state index in [0.717, 1.165) is 17.0 Å². The van der Waals surface area contributed by atoms with Crippen LogP contribution in [0.4, 0.5) is 0 Å². The highest BCUT2D eigenvalue weighted by Gasteiger charge is 2.20. The average molecular weight is 388 g/mol. The summed E-state index contributed by atoms with van der Waals surface area (Å²) in [7, 11) is 3.37. The van der Waals surface area contributed by atoms with Gasteiger partial charge in [-0.15, -0.1) is 0 Å². The molecule has 0 unspecified atom stereocenters. The van der Waals surface area contributed by atoms with Gasteiger partial charge in [-0.25, -0.2) is 9.67 Å². The molecule has 2 heterocycles. The minimum Gasteiger partial charge on any atom is -0.481 e. The second-order valence-electron chi connectivity index (χ2n) is 4.86. The first-order valence-electron chi connectivity index (χ1n) is 6.24. The van der Waals surface area contributed by atoms with Gasteiger partial charge < -0.3 is 9.72 Å². The number of nitrogens with zero attached hydrogens (tertiary/aromatic N) is 3. The molecule has 0 aliphatic rings. The van der Waals surface area contributed by atoms with E-state index in [9.17, 15) is 4.79 Å². The lowest BCUT2D eigenvalue weighted by molar-refractivity contribution is 0.374. The molecule has 0 saturated carbocycles. The Kier molecular flexibility index (Phi) is 4.17. The van der Waals surface area contributed by atoms with Crippen LogP contribution in [-0.4, -0.2) is 26.9 Å². The van der Waals surface area contributed by atoms with Crippen LogP contribution in [0.3, 0.4) is 0 Å². The standard InChI is InChI=1S/C13H17IN4O2/c1-6(2)10-9(14)12(19)16-11(15-10)8-7(3)17-18(4)13(8)20-5/h6H,1-5H3,(H,15,16,19). The van der Waals surface area contributed by atoms with Crippen molar-refractivity contribution in [3.05, 3.63) is 25.3 Å². The van der Waals surface area contributed by atoms with Crippen LogP contribution < -0.4 is 10.3 Å². The Bertz CT molecular complexity index is 703. The predicted molar refractivity (Wildman–Crippen MR) is 85.2 cm³/mol. The lowest BCUT2D eigenvalue weighted by Crippen LogP contribution is -2.17. The smallest absolute Gasteiger partial charge is 0.264 e. The van der Waals surface area contributed by atoms with Crippen molar-refractivity contribution in [2.45, 2.75) is 26.7 Å². The van der Waals surface area contributed by atoms with Gasteiger partial charge in [-0.3, -0.25) is 4.79 Å². The highest BCUT2D eigenvalue weighted by Crippen LogP contribution is 2.30. The van der Waals surface area contributed by atoms with E-state index in [0.29, 0.717) is 15.3 Å². The van der Waals surface area contributed by atoms with Crippen molar-refractivity contribution in [3.8, 4) is 17.3 Å². The Morgan fingerprint density at radius 3 is 2.60 bits per heavy atom. The van der Waals surface area contributed by atoms with Gasteiger partial charge in [-0.1, -0.05) is 13.8 Å². The fraction of sp³-hybridized carbons (Fsp3) is 0.462. The molecule has 2 rings (SSSR count). The van der Waals surface area contributed by atoms with Crippen molar-refractivity contribution < 1.29 is 4.74 Å². The third kappa shape index (κ3) is 2.46. The van der Waals surface area contributed by atoms with Crippen LogP contribution in [0.25, 0.3) is 11.4 Å². The Labute approximate surface area is 130 Å². The summed E-state index contributed by atoms with van der Waals surface area (Å²) in [5, 5.41) is 4.31. The molecule has 0 aliphatic heterocycles. The summed E-state index contributed by atoms with van der Waals surface area (Å²) in [6.07, 6.45) is 0. The topological polar surface area (TPSA) is 72.8 Å². The number of nitrogens with one attached hydrogen (secondary N) is 1. The Balaban J connectivity index is 2.74. The van der Waals surface area contributed by atoms with Crippen molar-refractivity contribution in [2.75, 3.05) is 7.11 Å². The number of rotatable bonds is 3. The van der Waals surface area contributed by atoms with Crippen molar-refractivity contribution >= 4 is 22.6 Å². The van der Waals surface area contributed by atoms with Gasteiger partial charge in [0.25, 0.3) is 5.56 Å². The zero-order valence-corrected chi connectivity index (χ0v) is 14.3. The summed E-state index contributed by atoms with van der Waals surface area (Å²) in [5.74, 6) is 1.26. The van der Waals surface area contributed by atoms with Gasteiger partial charge in [-0.2, -0.15) is 5.10 Å². The third-order valence-corrected chi connectivity index (χ3v) is 4.08. The first kappa shape index (κ1) is 15.0. The third-order valence-electron chi connectivity index (χ3n) is 3.04. The lowest BCUT2D eigenvalue weighted by atomic mass is 10.1. The van der Waals surface area contributed by atoms with Gasteiger partial charge in [0.05, 0.1) is 22.1 Å². The zero-order chi connectivity index (χ0) is 15.0. The molecule has 0 saturated heterocycles. The van der Waals surface area contributed by atoms with Crippen molar-refractivity contribution in [2.24, 2.45) is 7.05 Å². The molecule has 6 nitrogen and oxygen atoms in total. The lowest BCUT2D eigenvalue weighted by Gasteiger charge is -2.10. The fourth-order valence-electron chi connectivity index (χ4n) is 2.12. The quantitative estimate of drug-likeness (QED) is 0.819. The molecular formula is C13H17IN4O2. The molecule has 0 radical (unpaired) electrons. The first-order valence-corrected chi connectivity index (χ1v) is 7.32. The molecule has 0 fully saturated rings. The Morgan fingerprint density at radius 2 is 2.05 bits per heavy atom. The second kappa shape index (κ2) is 5.55. The highest BCUT2D eigenvalue weighted by atomic mass is 127. The molecule has 0 amide bonds. The summed E-state index contributed by atoms with van der Waals surface area (Å²) in [6, 6.07) is 0. The van der Waals surface area contributed by atoms with Crippen LogP contribution in [-0.2, 0) is 7.05 Å². The molecule has 0 aliphatic carbocycles. The van der Waals surface area contributed by atoms with E-state index in [4.69, 9.17) is 4.74 Å². The van der Waals surface area contributed by atoms with Gasteiger partial charge >= 0.3 is 0 Å². The maximum atomic E-state index is 12.1. The Morgan fingerprint density at radius 1 is 1.40 bits per heavy atom. The average Bonchev–Trinajstić information content (AvgIpc) is 2.66. The van der Waals surface area contributed by atoms with Crippen LogP contribution in [0.1, 0.15) is 31.2 Å². The summed E-state index contributed by atoms with van der Waals surface area (Å²) in [6.45, 7) is 5.90. The molecule has 20 heavy (non-hydrogen) atoms. The number of hydrogen-bond acceptors (Lipinski definition) is 4. The second-order valence-corrected chi connectivity index (χ2v) is 5.94. The normalized spacial score (nSPS) is 11.2.